The predicted molar refractivity (Wildman–Crippen MR) is 336 cm³/mol. The third-order valence-electron chi connectivity index (χ3n) is 17.1. The molecule has 6 N–H and O–H groups in total. The van der Waals surface area contributed by atoms with E-state index in [-0.39, 0.29) is 97.0 Å². The van der Waals surface area contributed by atoms with E-state index in [0.717, 1.165) is 60.2 Å². The second kappa shape index (κ2) is 30.3. The van der Waals surface area contributed by atoms with E-state index >= 15 is 4.39 Å². The number of carbonyl (C=O) groups excluding carboxylic acids is 6. The summed E-state index contributed by atoms with van der Waals surface area (Å²) in [5.74, 6) is -2.90. The molecule has 0 saturated carbocycles. The fourth-order valence-electron chi connectivity index (χ4n) is 11.6. The third-order valence-corrected chi connectivity index (χ3v) is 18.0. The van der Waals surface area contributed by atoms with E-state index in [1.54, 1.807) is 21.7 Å². The zero-order valence-electron chi connectivity index (χ0n) is 52.2. The Kier molecular flexibility index (Phi) is 22.9. The molecule has 5 atom stereocenters. The van der Waals surface area contributed by atoms with Gasteiger partial charge in [0.25, 0.3) is 5.91 Å². The molecule has 6 heterocycles. The molecule has 486 valence electrons. The highest BCUT2D eigenvalue weighted by Gasteiger charge is 2.45. The van der Waals surface area contributed by atoms with E-state index in [0.29, 0.717) is 70.4 Å². The van der Waals surface area contributed by atoms with Gasteiger partial charge >= 0.3 is 6.18 Å². The van der Waals surface area contributed by atoms with Gasteiger partial charge in [-0.25, -0.2) is 19.3 Å². The number of pyridine rings is 1. The smallest absolute Gasteiger partial charge is 0.391 e. The molecule has 3 aliphatic rings. The maximum Gasteiger partial charge on any atom is 0.417 e. The minimum atomic E-state index is -5.01. The molecule has 8 rings (SSSR count). The number of alkyl halides is 3. The second-order valence-corrected chi connectivity index (χ2v) is 25.7. The van der Waals surface area contributed by atoms with E-state index in [4.69, 9.17) is 0 Å². The summed E-state index contributed by atoms with van der Waals surface area (Å²) < 4.78 is 58.2. The first-order chi connectivity index (χ1) is 42.7. The van der Waals surface area contributed by atoms with Crippen LogP contribution < -0.4 is 36.6 Å². The average Bonchev–Trinajstić information content (AvgIpc) is 1.08. The zero-order valence-corrected chi connectivity index (χ0v) is 53.0. The quantitative estimate of drug-likeness (QED) is 0.0256. The summed E-state index contributed by atoms with van der Waals surface area (Å²) in [6.45, 7) is 14.6. The van der Waals surface area contributed by atoms with Crippen molar-refractivity contribution in [1.29, 1.82) is 0 Å². The molecule has 21 nitrogen and oxygen atoms in total. The first kappa shape index (κ1) is 68.1. The molecule has 3 saturated heterocycles. The lowest BCUT2D eigenvalue weighted by molar-refractivity contribution is -0.144. The van der Waals surface area contributed by atoms with Gasteiger partial charge in [0.2, 0.25) is 41.0 Å². The molecule has 2 aromatic carbocycles. The number of nitrogens with one attached hydrogen (secondary N) is 5. The summed E-state index contributed by atoms with van der Waals surface area (Å²) in [6.07, 6.45) is 4.03. The van der Waals surface area contributed by atoms with Gasteiger partial charge in [0.15, 0.2) is 0 Å². The Hall–Kier alpha value is -7.84. The Labute approximate surface area is 525 Å². The summed E-state index contributed by atoms with van der Waals surface area (Å²) in [7, 11) is 1.96. The minimum Gasteiger partial charge on any atom is -0.391 e. The molecule has 0 radical (unpaired) electrons. The van der Waals surface area contributed by atoms with E-state index in [2.05, 4.69) is 46.1 Å². The van der Waals surface area contributed by atoms with Crippen molar-refractivity contribution in [1.82, 2.24) is 50.6 Å². The number of carbonyl (C=O) groups is 6. The first-order valence-electron chi connectivity index (χ1n) is 30.8. The topological polar surface area (TPSA) is 258 Å². The number of β-amino-alcohol motifs (C(OH)–C–C–N with tert-alkyl or cyclic N) is 1. The summed E-state index contributed by atoms with van der Waals surface area (Å²) >= 11 is 1.56. The number of piperazine rings is 2. The number of aliphatic hydroxyl groups is 1. The number of thiazole rings is 1. The molecule has 3 fully saturated rings. The van der Waals surface area contributed by atoms with Crippen molar-refractivity contribution in [2.45, 2.75) is 155 Å². The van der Waals surface area contributed by atoms with Gasteiger partial charge in [0.1, 0.15) is 17.9 Å². The number of likely N-dealkylation sites (tertiary alicyclic amines) is 1. The minimum absolute atomic E-state index is 0.00693. The Bertz CT molecular complexity index is 3380. The molecule has 0 unspecified atom stereocenters. The van der Waals surface area contributed by atoms with Gasteiger partial charge < -0.3 is 51.0 Å². The van der Waals surface area contributed by atoms with Crippen molar-refractivity contribution in [3.63, 3.8) is 0 Å². The normalized spacial score (nSPS) is 18.5. The monoisotopic (exact) mass is 1270 g/mol. The molecule has 3 aliphatic heterocycles. The van der Waals surface area contributed by atoms with Crippen molar-refractivity contribution in [3.05, 3.63) is 105 Å². The summed E-state index contributed by atoms with van der Waals surface area (Å²) in [4.78, 5) is 118. The average molecular weight is 1270 g/mol. The number of H-pyrrole nitrogens is 1. The number of aryl methyl sites for hydroxylation is 1. The molecule has 0 spiro atoms. The number of hydrogen-bond acceptors (Lipinski definition) is 15. The SMILES string of the molecule is Cc1ncsc1-c1ccc(CNC(=O)[C@@H]2C[C@@H](O)CN2C(=O)[C@@H](NC(=O)CCCCCCCCCNC(=O)CCC(=O)N2CCN(c3ncc(-c4cc(NC(=O)c5c[nH]c(=O)cc5C(F)(F)F)c(N5C[C@@H](C)N(C)[C@@H](C)C5)cc4F)cn3)CC2)C(C)(C)C)cc1. The van der Waals surface area contributed by atoms with Gasteiger partial charge in [-0.15, -0.1) is 11.3 Å². The number of anilines is 3. The molecule has 0 bridgehead atoms. The molecule has 6 amide bonds. The largest absolute Gasteiger partial charge is 0.417 e. The third kappa shape index (κ3) is 17.8. The number of hydrogen-bond donors (Lipinski definition) is 6. The number of aliphatic hydroxyl groups excluding tert-OH is 1. The van der Waals surface area contributed by atoms with Crippen LogP contribution in [0.5, 0.6) is 0 Å². The van der Waals surface area contributed by atoms with Crippen LogP contribution in [0.2, 0.25) is 0 Å². The number of unbranched alkanes of at least 4 members (excludes halogenated alkanes) is 6. The Balaban J connectivity index is 0.707. The fourth-order valence-corrected chi connectivity index (χ4v) is 12.4. The standard InChI is InChI=1S/C64H83F4N13O8S/c1-39-35-80(36-40(2)77(39)7)51-30-49(65)46(28-50(51)75-59(87)47-34-70-55(85)29-48(47)64(66,67)68)44-32-72-62(73-33-44)79-25-23-78(24-26-79)56(86)21-20-53(83)69-22-14-12-10-8-9-11-13-15-54(84)76-58(63(4,5)6)61(89)81-37-45(82)27-52(81)60(88)71-31-42-16-18-43(19-17-42)57-41(3)74-38-90-57/h16-19,28-30,32-34,38-40,45,52,58,82H,8-15,20-27,31,35-37H2,1-7H3,(H,69,83)(H,70,85)(H,71,88)(H,75,87)(H,76,84)/t39-,40+,45-,52+,58-/m1/s1. The molecular formula is C64H83F4N13O8S. The lowest BCUT2D eigenvalue weighted by Gasteiger charge is -2.44. The summed E-state index contributed by atoms with van der Waals surface area (Å²) in [6, 6.07) is 8.99. The molecule has 0 aliphatic carbocycles. The highest BCUT2D eigenvalue weighted by atomic mass is 32.1. The van der Waals surface area contributed by atoms with Gasteiger partial charge in [-0.05, 0) is 69.3 Å². The molecule has 90 heavy (non-hydrogen) atoms. The van der Waals surface area contributed by atoms with Crippen LogP contribution >= 0.6 is 11.3 Å². The number of amides is 6. The van der Waals surface area contributed by atoms with E-state index in [9.17, 15) is 51.8 Å². The van der Waals surface area contributed by atoms with E-state index in [1.165, 1.54) is 29.4 Å². The van der Waals surface area contributed by atoms with E-state index in [1.807, 2.05) is 82.7 Å². The highest BCUT2D eigenvalue weighted by molar-refractivity contribution is 7.13. The number of aromatic nitrogens is 4. The Morgan fingerprint density at radius 1 is 0.789 bits per heavy atom. The molecule has 26 heteroatoms. The van der Waals surface area contributed by atoms with Crippen molar-refractivity contribution in [2.75, 3.05) is 74.5 Å². The summed E-state index contributed by atoms with van der Waals surface area (Å²) in [5, 5.41) is 22.0. The second-order valence-electron chi connectivity index (χ2n) is 24.9. The van der Waals surface area contributed by atoms with Crippen LogP contribution in [-0.4, -0.2) is 165 Å². The van der Waals surface area contributed by atoms with Crippen molar-refractivity contribution >= 4 is 64.1 Å². The summed E-state index contributed by atoms with van der Waals surface area (Å²) in [5.41, 5.74) is 1.28. The fraction of sp³-hybridized carbons (Fsp3) is 0.531. The maximum absolute atomic E-state index is 16.2. The highest BCUT2D eigenvalue weighted by Crippen LogP contribution is 2.38. The predicted octanol–water partition coefficient (Wildman–Crippen LogP) is 7.68. The van der Waals surface area contributed by atoms with Crippen molar-refractivity contribution < 1.29 is 51.4 Å². The van der Waals surface area contributed by atoms with Crippen LogP contribution in [0.4, 0.5) is 34.9 Å². The van der Waals surface area contributed by atoms with Gasteiger partial charge in [0.05, 0.1) is 44.7 Å². The Morgan fingerprint density at radius 2 is 1.44 bits per heavy atom. The van der Waals surface area contributed by atoms with Crippen LogP contribution in [0.15, 0.2) is 71.4 Å². The number of halogens is 4. The maximum atomic E-state index is 16.2. The van der Waals surface area contributed by atoms with Gasteiger partial charge in [0, 0.05) is 132 Å². The van der Waals surface area contributed by atoms with Gasteiger partial charge in [-0.2, -0.15) is 13.2 Å². The molecular weight excluding hydrogens is 1190 g/mol. The number of rotatable bonds is 24. The van der Waals surface area contributed by atoms with Gasteiger partial charge in [-0.1, -0.05) is 77.1 Å². The molecule has 5 aromatic rings. The van der Waals surface area contributed by atoms with Crippen LogP contribution in [0.1, 0.15) is 132 Å². The number of benzene rings is 2. The van der Waals surface area contributed by atoms with Crippen LogP contribution in [-0.2, 0) is 36.7 Å². The van der Waals surface area contributed by atoms with Gasteiger partial charge in [-0.3, -0.25) is 38.5 Å². The lowest BCUT2D eigenvalue weighted by Crippen LogP contribution is -2.57. The zero-order chi connectivity index (χ0) is 65.0. The van der Waals surface area contributed by atoms with Crippen LogP contribution in [0.25, 0.3) is 21.6 Å². The number of nitrogens with zero attached hydrogens (tertiary/aromatic N) is 8. The molecule has 3 aromatic heterocycles. The van der Waals surface area contributed by atoms with Crippen LogP contribution in [0.3, 0.4) is 0 Å². The van der Waals surface area contributed by atoms with Crippen LogP contribution in [0, 0.1) is 18.2 Å². The first-order valence-corrected chi connectivity index (χ1v) is 31.7. The van der Waals surface area contributed by atoms with Crippen molar-refractivity contribution in [3.8, 4) is 21.6 Å². The number of likely N-dealkylation sites (N-methyl/N-ethyl adjacent to an activating group) is 1. The lowest BCUT2D eigenvalue weighted by atomic mass is 9.85. The number of aromatic amines is 1. The Morgan fingerprint density at radius 3 is 2.08 bits per heavy atom. The van der Waals surface area contributed by atoms with E-state index < -0.39 is 64.1 Å². The van der Waals surface area contributed by atoms with Crippen molar-refractivity contribution in [2.24, 2.45) is 5.41 Å².